The van der Waals surface area contributed by atoms with Gasteiger partial charge in [-0.1, -0.05) is 38.1 Å². The first-order chi connectivity index (χ1) is 8.65. The Balaban J connectivity index is 2.53. The van der Waals surface area contributed by atoms with Crippen LogP contribution in [0.2, 0.25) is 0 Å². The number of benzene rings is 1. The largest absolute Gasteiger partial charge is 0.396 e. The van der Waals surface area contributed by atoms with Crippen molar-refractivity contribution in [3.63, 3.8) is 0 Å². The smallest absolute Gasteiger partial charge is 0.0716 e. The summed E-state index contributed by atoms with van der Waals surface area (Å²) in [7, 11) is 1.71. The fourth-order valence-corrected chi connectivity index (χ4v) is 1.82. The van der Waals surface area contributed by atoms with E-state index in [9.17, 15) is 5.11 Å². The molecule has 3 heteroatoms. The molecule has 102 valence electrons. The average Bonchev–Trinajstić information content (AvgIpc) is 2.41. The van der Waals surface area contributed by atoms with Gasteiger partial charge in [-0.2, -0.15) is 0 Å². The van der Waals surface area contributed by atoms with Gasteiger partial charge in [0.15, 0.2) is 0 Å². The van der Waals surface area contributed by atoms with Gasteiger partial charge < -0.3 is 15.2 Å². The topological polar surface area (TPSA) is 41.5 Å². The highest BCUT2D eigenvalue weighted by atomic mass is 16.5. The second-order valence-electron chi connectivity index (χ2n) is 5.13. The van der Waals surface area contributed by atoms with Crippen LogP contribution in [0.5, 0.6) is 0 Å². The van der Waals surface area contributed by atoms with E-state index in [4.69, 9.17) is 4.74 Å². The molecule has 3 nitrogen and oxygen atoms in total. The summed E-state index contributed by atoms with van der Waals surface area (Å²) < 4.78 is 5.19. The van der Waals surface area contributed by atoms with Crippen molar-refractivity contribution >= 4 is 0 Å². The molecule has 0 aliphatic heterocycles. The summed E-state index contributed by atoms with van der Waals surface area (Å²) in [5.41, 5.74) is 2.45. The Kier molecular flexibility index (Phi) is 6.33. The standard InChI is InChI=1S/C15H25NO2/c1-4-15(2,12-17)11-16-9-13-7-5-6-8-14(13)10-18-3/h5-8,16-17H,4,9-12H2,1-3H3. The van der Waals surface area contributed by atoms with E-state index in [1.54, 1.807) is 7.11 Å². The summed E-state index contributed by atoms with van der Waals surface area (Å²) in [6, 6.07) is 8.28. The van der Waals surface area contributed by atoms with Crippen molar-refractivity contribution in [1.29, 1.82) is 0 Å². The van der Waals surface area contributed by atoms with E-state index in [0.29, 0.717) is 6.61 Å². The Hall–Kier alpha value is -0.900. The van der Waals surface area contributed by atoms with Crippen molar-refractivity contribution in [2.24, 2.45) is 5.41 Å². The molecular weight excluding hydrogens is 226 g/mol. The van der Waals surface area contributed by atoms with Crippen molar-refractivity contribution in [2.75, 3.05) is 20.3 Å². The number of ether oxygens (including phenoxy) is 1. The third kappa shape index (κ3) is 4.41. The molecule has 1 aromatic rings. The van der Waals surface area contributed by atoms with Crippen LogP contribution in [0.4, 0.5) is 0 Å². The van der Waals surface area contributed by atoms with Crippen molar-refractivity contribution in [3.05, 3.63) is 35.4 Å². The van der Waals surface area contributed by atoms with E-state index >= 15 is 0 Å². The van der Waals surface area contributed by atoms with Gasteiger partial charge in [-0.25, -0.2) is 0 Å². The maximum Gasteiger partial charge on any atom is 0.0716 e. The Bertz CT molecular complexity index is 348. The van der Waals surface area contributed by atoms with Gasteiger partial charge >= 0.3 is 0 Å². The lowest BCUT2D eigenvalue weighted by atomic mass is 9.88. The SMILES string of the molecule is CCC(C)(CO)CNCc1ccccc1COC. The van der Waals surface area contributed by atoms with Gasteiger partial charge in [0, 0.05) is 32.2 Å². The molecule has 1 rings (SSSR count). The highest BCUT2D eigenvalue weighted by Crippen LogP contribution is 2.19. The third-order valence-electron chi connectivity index (χ3n) is 3.52. The molecule has 0 bridgehead atoms. The zero-order valence-corrected chi connectivity index (χ0v) is 11.7. The summed E-state index contributed by atoms with van der Waals surface area (Å²) >= 11 is 0. The van der Waals surface area contributed by atoms with Gasteiger partial charge in [-0.15, -0.1) is 0 Å². The van der Waals surface area contributed by atoms with Crippen LogP contribution in [-0.4, -0.2) is 25.4 Å². The molecule has 0 heterocycles. The van der Waals surface area contributed by atoms with Gasteiger partial charge in [0.05, 0.1) is 6.61 Å². The Morgan fingerprint density at radius 2 is 1.94 bits per heavy atom. The molecule has 0 aliphatic rings. The van der Waals surface area contributed by atoms with Crippen molar-refractivity contribution < 1.29 is 9.84 Å². The Morgan fingerprint density at radius 3 is 2.50 bits per heavy atom. The lowest BCUT2D eigenvalue weighted by Crippen LogP contribution is -2.34. The van der Waals surface area contributed by atoms with Crippen LogP contribution in [0, 0.1) is 5.41 Å². The maximum atomic E-state index is 9.36. The average molecular weight is 251 g/mol. The molecule has 0 radical (unpaired) electrons. The first-order valence-electron chi connectivity index (χ1n) is 6.52. The summed E-state index contributed by atoms with van der Waals surface area (Å²) in [5, 5.41) is 12.8. The molecule has 18 heavy (non-hydrogen) atoms. The summed E-state index contributed by atoms with van der Waals surface area (Å²) in [4.78, 5) is 0. The molecule has 0 fully saturated rings. The van der Waals surface area contributed by atoms with Crippen LogP contribution in [-0.2, 0) is 17.9 Å². The van der Waals surface area contributed by atoms with E-state index in [1.165, 1.54) is 11.1 Å². The quantitative estimate of drug-likeness (QED) is 0.745. The summed E-state index contributed by atoms with van der Waals surface area (Å²) in [6.07, 6.45) is 0.968. The summed E-state index contributed by atoms with van der Waals surface area (Å²) in [6.45, 7) is 6.70. The molecule has 0 aliphatic carbocycles. The minimum Gasteiger partial charge on any atom is -0.396 e. The molecule has 0 saturated heterocycles. The fourth-order valence-electron chi connectivity index (χ4n) is 1.82. The van der Waals surface area contributed by atoms with Crippen LogP contribution in [0.3, 0.4) is 0 Å². The molecular formula is C15H25NO2. The molecule has 0 saturated carbocycles. The van der Waals surface area contributed by atoms with Crippen LogP contribution in [0.25, 0.3) is 0 Å². The van der Waals surface area contributed by atoms with Gasteiger partial charge in [-0.05, 0) is 17.5 Å². The highest BCUT2D eigenvalue weighted by molar-refractivity contribution is 5.26. The van der Waals surface area contributed by atoms with Crippen molar-refractivity contribution in [3.8, 4) is 0 Å². The normalized spacial score (nSPS) is 14.4. The molecule has 0 amide bonds. The molecule has 1 aromatic carbocycles. The van der Waals surface area contributed by atoms with E-state index in [0.717, 1.165) is 19.5 Å². The van der Waals surface area contributed by atoms with E-state index < -0.39 is 0 Å². The number of nitrogens with one attached hydrogen (secondary N) is 1. The first-order valence-corrected chi connectivity index (χ1v) is 6.52. The van der Waals surface area contributed by atoms with Gasteiger partial charge in [0.25, 0.3) is 0 Å². The van der Waals surface area contributed by atoms with E-state index in [1.807, 2.05) is 12.1 Å². The minimum absolute atomic E-state index is 0.0315. The summed E-state index contributed by atoms with van der Waals surface area (Å²) in [5.74, 6) is 0. The Labute approximate surface area is 110 Å². The predicted molar refractivity (Wildman–Crippen MR) is 74.3 cm³/mol. The van der Waals surface area contributed by atoms with Crippen LogP contribution < -0.4 is 5.32 Å². The van der Waals surface area contributed by atoms with Crippen LogP contribution in [0.1, 0.15) is 31.4 Å². The third-order valence-corrected chi connectivity index (χ3v) is 3.52. The fraction of sp³-hybridized carbons (Fsp3) is 0.600. The zero-order chi connectivity index (χ0) is 13.4. The number of aliphatic hydroxyl groups excluding tert-OH is 1. The molecule has 1 unspecified atom stereocenters. The van der Waals surface area contributed by atoms with Crippen LogP contribution >= 0.6 is 0 Å². The van der Waals surface area contributed by atoms with Crippen molar-refractivity contribution in [1.82, 2.24) is 5.32 Å². The van der Waals surface area contributed by atoms with Gasteiger partial charge in [0.2, 0.25) is 0 Å². The lowest BCUT2D eigenvalue weighted by Gasteiger charge is -2.26. The van der Waals surface area contributed by atoms with Gasteiger partial charge in [0.1, 0.15) is 0 Å². The molecule has 1 atom stereocenters. The Morgan fingerprint density at radius 1 is 1.28 bits per heavy atom. The number of hydrogen-bond donors (Lipinski definition) is 2. The van der Waals surface area contributed by atoms with Crippen molar-refractivity contribution in [2.45, 2.75) is 33.4 Å². The first kappa shape index (κ1) is 15.2. The number of hydrogen-bond acceptors (Lipinski definition) is 3. The monoisotopic (exact) mass is 251 g/mol. The second kappa shape index (κ2) is 7.52. The number of methoxy groups -OCH3 is 1. The molecule has 2 N–H and O–H groups in total. The minimum atomic E-state index is -0.0315. The predicted octanol–water partition coefficient (Wildman–Crippen LogP) is 2.33. The molecule has 0 aromatic heterocycles. The van der Waals surface area contributed by atoms with E-state index in [-0.39, 0.29) is 12.0 Å². The van der Waals surface area contributed by atoms with E-state index in [2.05, 4.69) is 31.3 Å². The number of aliphatic hydroxyl groups is 1. The maximum absolute atomic E-state index is 9.36. The molecule has 0 spiro atoms. The highest BCUT2D eigenvalue weighted by Gasteiger charge is 2.20. The lowest BCUT2D eigenvalue weighted by molar-refractivity contribution is 0.135. The van der Waals surface area contributed by atoms with Crippen LogP contribution in [0.15, 0.2) is 24.3 Å². The second-order valence-corrected chi connectivity index (χ2v) is 5.13. The van der Waals surface area contributed by atoms with Gasteiger partial charge in [-0.3, -0.25) is 0 Å². The number of rotatable bonds is 8. The zero-order valence-electron chi connectivity index (χ0n) is 11.7.